The molecule has 1 unspecified atom stereocenters. The number of hydrogen-bond donors (Lipinski definition) is 1. The normalized spacial score (nSPS) is 13.2. The molecule has 0 bridgehead atoms. The molecule has 0 fully saturated rings. The van der Waals surface area contributed by atoms with Gasteiger partial charge in [-0.05, 0) is 25.8 Å². The monoisotopic (exact) mass is 249 g/mol. The van der Waals surface area contributed by atoms with Crippen molar-refractivity contribution in [3.8, 4) is 11.6 Å². The maximum atomic E-state index is 6.00. The average Bonchev–Trinajstić information content (AvgIpc) is 2.93. The van der Waals surface area contributed by atoms with Gasteiger partial charge in [-0.15, -0.1) is 0 Å². The van der Waals surface area contributed by atoms with E-state index in [1.54, 1.807) is 0 Å². The van der Waals surface area contributed by atoms with Crippen LogP contribution in [0.25, 0.3) is 11.6 Å². The van der Waals surface area contributed by atoms with Crippen molar-refractivity contribution in [1.29, 1.82) is 0 Å². The minimum Gasteiger partial charge on any atom is -0.332 e. The van der Waals surface area contributed by atoms with Crippen molar-refractivity contribution in [2.75, 3.05) is 0 Å². The highest BCUT2D eigenvalue weighted by Gasteiger charge is 2.20. The molecule has 0 aliphatic heterocycles. The highest BCUT2D eigenvalue weighted by Crippen LogP contribution is 2.22. The predicted octanol–water partition coefficient (Wildman–Crippen LogP) is 1.92. The van der Waals surface area contributed by atoms with E-state index in [0.717, 1.165) is 17.9 Å². The third-order valence-electron chi connectivity index (χ3n) is 2.88. The number of hydrogen-bond acceptors (Lipinski definition) is 5. The fourth-order valence-corrected chi connectivity index (χ4v) is 1.73. The molecule has 0 aromatic carbocycles. The summed E-state index contributed by atoms with van der Waals surface area (Å²) in [6, 6.07) is 1.73. The third-order valence-corrected chi connectivity index (χ3v) is 2.88. The summed E-state index contributed by atoms with van der Waals surface area (Å²) >= 11 is 0. The Kier molecular flexibility index (Phi) is 3.47. The van der Waals surface area contributed by atoms with Crippen LogP contribution in [0.3, 0.4) is 0 Å². The Morgan fingerprint density at radius 2 is 2.17 bits per heavy atom. The Morgan fingerprint density at radius 3 is 2.78 bits per heavy atom. The molecule has 6 nitrogen and oxygen atoms in total. The molecule has 0 aliphatic carbocycles. The molecular weight excluding hydrogens is 230 g/mol. The Labute approximate surface area is 106 Å². The molecule has 0 saturated heterocycles. The van der Waals surface area contributed by atoms with Crippen LogP contribution in [0, 0.1) is 12.8 Å². The zero-order valence-electron chi connectivity index (χ0n) is 11.2. The summed E-state index contributed by atoms with van der Waals surface area (Å²) in [4.78, 5) is 4.36. The Bertz CT molecular complexity index is 528. The van der Waals surface area contributed by atoms with E-state index in [1.807, 2.05) is 38.4 Å². The molecular formula is C12H19N5O. The van der Waals surface area contributed by atoms with Crippen LogP contribution in [0.5, 0.6) is 0 Å². The molecule has 2 N–H and O–H groups in total. The lowest BCUT2D eigenvalue weighted by Crippen LogP contribution is -2.18. The Morgan fingerprint density at radius 1 is 1.44 bits per heavy atom. The number of aromatic nitrogens is 4. The zero-order chi connectivity index (χ0) is 13.3. The second-order valence-corrected chi connectivity index (χ2v) is 4.71. The van der Waals surface area contributed by atoms with E-state index in [4.69, 9.17) is 10.3 Å². The van der Waals surface area contributed by atoms with E-state index >= 15 is 0 Å². The van der Waals surface area contributed by atoms with Gasteiger partial charge in [-0.25, -0.2) is 0 Å². The van der Waals surface area contributed by atoms with Crippen LogP contribution < -0.4 is 5.73 Å². The van der Waals surface area contributed by atoms with E-state index in [2.05, 4.69) is 15.2 Å². The van der Waals surface area contributed by atoms with Crippen molar-refractivity contribution in [3.63, 3.8) is 0 Å². The third kappa shape index (κ3) is 2.28. The largest absolute Gasteiger partial charge is 0.332 e. The predicted molar refractivity (Wildman–Crippen MR) is 67.7 cm³/mol. The topological polar surface area (TPSA) is 82.8 Å². The summed E-state index contributed by atoms with van der Waals surface area (Å²) < 4.78 is 7.12. The molecule has 2 aromatic rings. The van der Waals surface area contributed by atoms with E-state index in [-0.39, 0.29) is 12.0 Å². The lowest BCUT2D eigenvalue weighted by Gasteiger charge is -2.09. The van der Waals surface area contributed by atoms with Crippen molar-refractivity contribution in [1.82, 2.24) is 19.9 Å². The van der Waals surface area contributed by atoms with Gasteiger partial charge >= 0.3 is 0 Å². The van der Waals surface area contributed by atoms with Crippen LogP contribution in [0.4, 0.5) is 0 Å². The standard InChI is InChI=1S/C12H19N5O/c1-5-17-9(6-8(4)15-17)12-14-11(16-18-12)10(13)7(2)3/h6-7,10H,5,13H2,1-4H3. The van der Waals surface area contributed by atoms with Crippen molar-refractivity contribution in [2.45, 2.75) is 40.3 Å². The van der Waals surface area contributed by atoms with Gasteiger partial charge in [0.2, 0.25) is 0 Å². The van der Waals surface area contributed by atoms with E-state index in [0.29, 0.717) is 11.7 Å². The lowest BCUT2D eigenvalue weighted by atomic mass is 10.1. The van der Waals surface area contributed by atoms with Crippen LogP contribution >= 0.6 is 0 Å². The van der Waals surface area contributed by atoms with Gasteiger partial charge in [0.25, 0.3) is 5.89 Å². The van der Waals surface area contributed by atoms with Gasteiger partial charge in [0.15, 0.2) is 5.82 Å². The molecule has 98 valence electrons. The van der Waals surface area contributed by atoms with Crippen LogP contribution in [-0.2, 0) is 6.54 Å². The quantitative estimate of drug-likeness (QED) is 0.895. The molecule has 18 heavy (non-hydrogen) atoms. The average molecular weight is 249 g/mol. The molecule has 0 aliphatic rings. The maximum Gasteiger partial charge on any atom is 0.276 e. The smallest absolute Gasteiger partial charge is 0.276 e. The molecule has 2 aromatic heterocycles. The number of nitrogens with zero attached hydrogens (tertiary/aromatic N) is 4. The molecule has 6 heteroatoms. The van der Waals surface area contributed by atoms with Crippen LogP contribution in [0.15, 0.2) is 10.6 Å². The van der Waals surface area contributed by atoms with E-state index in [9.17, 15) is 0 Å². The van der Waals surface area contributed by atoms with Gasteiger partial charge < -0.3 is 10.3 Å². The first-order chi connectivity index (χ1) is 8.52. The summed E-state index contributed by atoms with van der Waals surface area (Å²) in [6.45, 7) is 8.78. The van der Waals surface area contributed by atoms with Gasteiger partial charge in [-0.3, -0.25) is 4.68 Å². The van der Waals surface area contributed by atoms with Gasteiger partial charge in [0.05, 0.1) is 11.7 Å². The minimum absolute atomic E-state index is 0.207. The second kappa shape index (κ2) is 4.89. The molecule has 2 heterocycles. The van der Waals surface area contributed by atoms with Gasteiger partial charge in [-0.2, -0.15) is 10.1 Å². The van der Waals surface area contributed by atoms with E-state index in [1.165, 1.54) is 0 Å². The summed E-state index contributed by atoms with van der Waals surface area (Å²) in [6.07, 6.45) is 0. The first-order valence-corrected chi connectivity index (χ1v) is 6.17. The van der Waals surface area contributed by atoms with Gasteiger partial charge in [0.1, 0.15) is 5.69 Å². The Balaban J connectivity index is 2.34. The van der Waals surface area contributed by atoms with Gasteiger partial charge in [-0.1, -0.05) is 19.0 Å². The fraction of sp³-hybridized carbons (Fsp3) is 0.583. The number of rotatable bonds is 4. The first-order valence-electron chi connectivity index (χ1n) is 6.17. The Hall–Kier alpha value is -1.69. The summed E-state index contributed by atoms with van der Waals surface area (Å²) in [5.74, 6) is 1.29. The van der Waals surface area contributed by atoms with E-state index < -0.39 is 0 Å². The molecule has 0 spiro atoms. The maximum absolute atomic E-state index is 6.00. The van der Waals surface area contributed by atoms with Crippen molar-refractivity contribution >= 4 is 0 Å². The molecule has 0 saturated carbocycles. The SMILES string of the molecule is CCn1nc(C)cc1-c1nc(C(N)C(C)C)no1. The molecule has 0 amide bonds. The summed E-state index contributed by atoms with van der Waals surface area (Å²) in [5, 5.41) is 8.30. The lowest BCUT2D eigenvalue weighted by molar-refractivity contribution is 0.397. The van der Waals surface area contributed by atoms with Gasteiger partial charge in [0, 0.05) is 6.54 Å². The highest BCUT2D eigenvalue weighted by molar-refractivity contribution is 5.47. The zero-order valence-corrected chi connectivity index (χ0v) is 11.2. The fourth-order valence-electron chi connectivity index (χ4n) is 1.73. The number of aryl methyl sites for hydroxylation is 2. The van der Waals surface area contributed by atoms with Crippen molar-refractivity contribution in [2.24, 2.45) is 11.7 Å². The second-order valence-electron chi connectivity index (χ2n) is 4.71. The molecule has 2 rings (SSSR count). The summed E-state index contributed by atoms with van der Waals surface area (Å²) in [5.41, 5.74) is 7.77. The van der Waals surface area contributed by atoms with Crippen molar-refractivity contribution in [3.05, 3.63) is 17.6 Å². The molecule has 0 radical (unpaired) electrons. The molecule has 1 atom stereocenters. The highest BCUT2D eigenvalue weighted by atomic mass is 16.5. The number of nitrogens with two attached hydrogens (primary N) is 1. The minimum atomic E-state index is -0.207. The van der Waals surface area contributed by atoms with Crippen LogP contribution in [-0.4, -0.2) is 19.9 Å². The van der Waals surface area contributed by atoms with Crippen LogP contribution in [0.2, 0.25) is 0 Å². The summed E-state index contributed by atoms with van der Waals surface area (Å²) in [7, 11) is 0. The van der Waals surface area contributed by atoms with Crippen LogP contribution in [0.1, 0.15) is 38.3 Å². The first kappa shape index (κ1) is 12.8. The van der Waals surface area contributed by atoms with Crippen molar-refractivity contribution < 1.29 is 4.52 Å².